The lowest BCUT2D eigenvalue weighted by atomic mass is 9.98. The summed E-state index contributed by atoms with van der Waals surface area (Å²) < 4.78 is 14.0. The molecule has 4 nitrogen and oxygen atoms in total. The molecule has 0 N–H and O–H groups in total. The highest BCUT2D eigenvalue weighted by molar-refractivity contribution is 6.18. The first-order chi connectivity index (χ1) is 28.8. The van der Waals surface area contributed by atoms with Gasteiger partial charge in [-0.15, -0.1) is 0 Å². The second-order valence-electron chi connectivity index (χ2n) is 15.3. The molecule has 270 valence electrons. The Balaban J connectivity index is 0.984. The summed E-state index contributed by atoms with van der Waals surface area (Å²) in [5.74, 6) is 1.71. The molecule has 4 heterocycles. The van der Waals surface area contributed by atoms with Crippen LogP contribution in [-0.2, 0) is 0 Å². The van der Waals surface area contributed by atoms with Crippen molar-refractivity contribution in [1.82, 2.24) is 13.7 Å². The number of hydrogen-bond acceptors (Lipinski definition) is 1. The zero-order chi connectivity index (χ0) is 37.9. The van der Waals surface area contributed by atoms with Crippen LogP contribution in [0, 0.1) is 0 Å². The van der Waals surface area contributed by atoms with Gasteiger partial charge in [-0.1, -0.05) is 121 Å². The predicted octanol–water partition coefficient (Wildman–Crippen LogP) is 14.4. The fraction of sp³-hybridized carbons (Fsp3) is 0. The summed E-state index contributed by atoms with van der Waals surface area (Å²) in [5.41, 5.74) is 15.0. The molecule has 9 aromatic carbocycles. The van der Waals surface area contributed by atoms with E-state index < -0.39 is 0 Å². The molecule has 13 rings (SSSR count). The SMILES string of the molecule is c1cc(-c2ccc3c(c2)-n2c4ccccc4c4c(-c5cccc(-n6c7ccccc7c7ccccc76)c5)ccc(c42)O3)cc(-n2c3ccccc3c3ccccc32)c1. The van der Waals surface area contributed by atoms with Crippen molar-refractivity contribution in [3.05, 3.63) is 200 Å². The molecule has 0 saturated carbocycles. The van der Waals surface area contributed by atoms with E-state index >= 15 is 0 Å². The second-order valence-corrected chi connectivity index (χ2v) is 15.3. The zero-order valence-electron chi connectivity index (χ0n) is 31.3. The predicted molar refractivity (Wildman–Crippen MR) is 240 cm³/mol. The van der Waals surface area contributed by atoms with E-state index in [0.29, 0.717) is 0 Å². The minimum absolute atomic E-state index is 0.846. The number of benzene rings is 9. The molecule has 0 spiro atoms. The first kappa shape index (κ1) is 31.4. The molecule has 4 heteroatoms. The highest BCUT2D eigenvalue weighted by Crippen LogP contribution is 2.49. The lowest BCUT2D eigenvalue weighted by Gasteiger charge is -2.22. The Bertz CT molecular complexity index is 3570. The van der Waals surface area contributed by atoms with Crippen LogP contribution in [0.4, 0.5) is 0 Å². The summed E-state index contributed by atoms with van der Waals surface area (Å²) in [6.07, 6.45) is 0. The van der Waals surface area contributed by atoms with E-state index in [2.05, 4.69) is 214 Å². The topological polar surface area (TPSA) is 24.0 Å². The van der Waals surface area contributed by atoms with E-state index in [1.165, 1.54) is 59.9 Å². The molecule has 0 amide bonds. The molecule has 0 bridgehead atoms. The average Bonchev–Trinajstić information content (AvgIpc) is 3.94. The molecule has 1 aliphatic heterocycles. The maximum Gasteiger partial charge on any atom is 0.152 e. The summed E-state index contributed by atoms with van der Waals surface area (Å²) in [4.78, 5) is 0. The van der Waals surface area contributed by atoms with Crippen LogP contribution >= 0.6 is 0 Å². The first-order valence-electron chi connectivity index (χ1n) is 19.8. The Hall–Kier alpha value is -7.82. The number of nitrogens with zero attached hydrogens (tertiary/aromatic N) is 3. The van der Waals surface area contributed by atoms with Crippen LogP contribution in [-0.4, -0.2) is 13.7 Å². The number of aromatic nitrogens is 3. The third kappa shape index (κ3) is 4.34. The van der Waals surface area contributed by atoms with E-state index in [1.54, 1.807) is 0 Å². The number of para-hydroxylation sites is 5. The Kier molecular flexibility index (Phi) is 6.41. The second kappa shape index (κ2) is 11.8. The van der Waals surface area contributed by atoms with E-state index in [0.717, 1.165) is 56.3 Å². The summed E-state index contributed by atoms with van der Waals surface area (Å²) in [6, 6.07) is 72.4. The van der Waals surface area contributed by atoms with Crippen molar-refractivity contribution in [1.29, 1.82) is 0 Å². The molecule has 0 fully saturated rings. The molecule has 1 aliphatic rings. The molecule has 12 aromatic rings. The zero-order valence-corrected chi connectivity index (χ0v) is 31.3. The molecule has 3 aromatic heterocycles. The Labute approximate surface area is 333 Å². The van der Waals surface area contributed by atoms with E-state index in [9.17, 15) is 0 Å². The van der Waals surface area contributed by atoms with Gasteiger partial charge in [0.1, 0.15) is 0 Å². The van der Waals surface area contributed by atoms with E-state index in [4.69, 9.17) is 4.74 Å². The van der Waals surface area contributed by atoms with Gasteiger partial charge in [-0.25, -0.2) is 0 Å². The molecule has 0 radical (unpaired) electrons. The highest BCUT2D eigenvalue weighted by atomic mass is 16.5. The Morgan fingerprint density at radius 3 is 1.33 bits per heavy atom. The molecular weight excluding hydrogens is 707 g/mol. The molecule has 0 aliphatic carbocycles. The van der Waals surface area contributed by atoms with Crippen molar-refractivity contribution in [2.24, 2.45) is 0 Å². The minimum Gasteiger partial charge on any atom is -0.453 e. The van der Waals surface area contributed by atoms with E-state index in [-0.39, 0.29) is 0 Å². The van der Waals surface area contributed by atoms with Crippen LogP contribution in [0.15, 0.2) is 200 Å². The van der Waals surface area contributed by atoms with Crippen molar-refractivity contribution in [2.75, 3.05) is 0 Å². The van der Waals surface area contributed by atoms with Crippen LogP contribution in [0.3, 0.4) is 0 Å². The van der Waals surface area contributed by atoms with Crippen molar-refractivity contribution in [2.45, 2.75) is 0 Å². The van der Waals surface area contributed by atoms with Crippen molar-refractivity contribution < 1.29 is 4.74 Å². The lowest BCUT2D eigenvalue weighted by molar-refractivity contribution is 0.476. The highest BCUT2D eigenvalue weighted by Gasteiger charge is 2.27. The third-order valence-electron chi connectivity index (χ3n) is 12.2. The van der Waals surface area contributed by atoms with Crippen molar-refractivity contribution in [3.63, 3.8) is 0 Å². The number of fused-ring (bicyclic) bond motifs is 11. The van der Waals surface area contributed by atoms with Gasteiger partial charge in [-0.3, -0.25) is 0 Å². The van der Waals surface area contributed by atoms with Gasteiger partial charge in [0, 0.05) is 43.7 Å². The number of rotatable bonds is 4. The van der Waals surface area contributed by atoms with Gasteiger partial charge in [0.2, 0.25) is 0 Å². The van der Waals surface area contributed by atoms with Gasteiger partial charge in [0.15, 0.2) is 11.5 Å². The maximum absolute atomic E-state index is 6.79. The maximum atomic E-state index is 6.79. The van der Waals surface area contributed by atoms with Gasteiger partial charge in [0.05, 0.1) is 38.8 Å². The summed E-state index contributed by atoms with van der Waals surface area (Å²) in [6.45, 7) is 0. The normalized spacial score (nSPS) is 12.3. The standard InChI is InChI=1S/C54H33N3O/c1-6-22-45-40(17-1)41-18-2-7-23-46(41)55(45)37-15-11-13-34(31-37)35-27-29-51-50(33-35)57-49-26-10-5-21-44(49)53-39(28-30-52(58-51)54(53)57)36-14-12-16-38(32-36)56-47-24-8-3-19-42(47)43-20-4-9-25-48(43)56/h1-33H. The molecule has 0 atom stereocenters. The van der Waals surface area contributed by atoms with Gasteiger partial charge in [-0.2, -0.15) is 0 Å². The van der Waals surface area contributed by atoms with Crippen LogP contribution in [0.5, 0.6) is 11.5 Å². The fourth-order valence-corrected chi connectivity index (χ4v) is 9.76. The van der Waals surface area contributed by atoms with Crippen LogP contribution in [0.25, 0.3) is 105 Å². The van der Waals surface area contributed by atoms with Gasteiger partial charge in [0.25, 0.3) is 0 Å². The van der Waals surface area contributed by atoms with E-state index in [1.807, 2.05) is 0 Å². The summed E-state index contributed by atoms with van der Waals surface area (Å²) in [7, 11) is 0. The third-order valence-corrected chi connectivity index (χ3v) is 12.2. The Morgan fingerprint density at radius 1 is 0.310 bits per heavy atom. The number of ether oxygens (including phenoxy) is 1. The van der Waals surface area contributed by atoms with Gasteiger partial charge >= 0.3 is 0 Å². The Morgan fingerprint density at radius 2 is 0.759 bits per heavy atom. The molecule has 0 unspecified atom stereocenters. The molecule has 0 saturated heterocycles. The monoisotopic (exact) mass is 739 g/mol. The van der Waals surface area contributed by atoms with Crippen LogP contribution in [0.1, 0.15) is 0 Å². The quantitative estimate of drug-likeness (QED) is 0.176. The fourth-order valence-electron chi connectivity index (χ4n) is 9.76. The van der Waals surface area contributed by atoms with Crippen LogP contribution in [0.2, 0.25) is 0 Å². The average molecular weight is 740 g/mol. The van der Waals surface area contributed by atoms with Crippen LogP contribution < -0.4 is 4.74 Å². The van der Waals surface area contributed by atoms with Crippen molar-refractivity contribution in [3.8, 4) is 50.8 Å². The molecular formula is C54H33N3O. The number of hydrogen-bond donors (Lipinski definition) is 0. The molecule has 58 heavy (non-hydrogen) atoms. The summed E-state index contributed by atoms with van der Waals surface area (Å²) >= 11 is 0. The smallest absolute Gasteiger partial charge is 0.152 e. The minimum atomic E-state index is 0.846. The van der Waals surface area contributed by atoms with Crippen molar-refractivity contribution >= 4 is 65.4 Å². The summed E-state index contributed by atoms with van der Waals surface area (Å²) in [5, 5.41) is 7.43. The largest absolute Gasteiger partial charge is 0.453 e. The lowest BCUT2D eigenvalue weighted by Crippen LogP contribution is -2.04. The first-order valence-corrected chi connectivity index (χ1v) is 19.8. The van der Waals surface area contributed by atoms with Gasteiger partial charge in [-0.05, 0) is 101 Å². The van der Waals surface area contributed by atoms with Gasteiger partial charge < -0.3 is 18.4 Å².